The fourth-order valence-corrected chi connectivity index (χ4v) is 2.33. The number of methoxy groups -OCH3 is 2. The zero-order chi connectivity index (χ0) is 16.4. The average Bonchev–Trinajstić information content (AvgIpc) is 2.51. The molecule has 2 rings (SSSR count). The SMILES string of the molecule is COc1ccc(C(=O)C2=C(C)C(=O)C(C)=CC2=O)cc1OC. The summed E-state index contributed by atoms with van der Waals surface area (Å²) < 4.78 is 10.3. The van der Waals surface area contributed by atoms with Crippen LogP contribution >= 0.6 is 0 Å². The Hall–Kier alpha value is -2.69. The highest BCUT2D eigenvalue weighted by Gasteiger charge is 2.29. The quantitative estimate of drug-likeness (QED) is 0.485. The van der Waals surface area contributed by atoms with Crippen LogP contribution in [0.3, 0.4) is 0 Å². The Morgan fingerprint density at radius 2 is 1.64 bits per heavy atom. The van der Waals surface area contributed by atoms with Crippen molar-refractivity contribution in [1.82, 2.24) is 0 Å². The fraction of sp³-hybridized carbons (Fsp3) is 0.235. The number of hydrogen-bond acceptors (Lipinski definition) is 5. The van der Waals surface area contributed by atoms with E-state index < -0.39 is 11.6 Å². The Morgan fingerprint density at radius 3 is 2.23 bits per heavy atom. The molecule has 5 heteroatoms. The minimum absolute atomic E-state index is 0.0946. The summed E-state index contributed by atoms with van der Waals surface area (Å²) in [4.78, 5) is 36.6. The standard InChI is InChI=1S/C17H16O5/c1-9-7-12(18)15(10(2)16(9)19)17(20)11-5-6-13(21-3)14(8-11)22-4/h5-8H,1-4H3. The van der Waals surface area contributed by atoms with Crippen LogP contribution in [0.15, 0.2) is 41.0 Å². The van der Waals surface area contributed by atoms with Gasteiger partial charge in [0.05, 0.1) is 19.8 Å². The van der Waals surface area contributed by atoms with Crippen LogP contribution in [-0.2, 0) is 9.59 Å². The molecule has 0 saturated carbocycles. The number of carbonyl (C=O) groups is 3. The smallest absolute Gasteiger partial charge is 0.197 e. The maximum Gasteiger partial charge on any atom is 0.197 e. The van der Waals surface area contributed by atoms with Crippen molar-refractivity contribution in [2.24, 2.45) is 0 Å². The summed E-state index contributed by atoms with van der Waals surface area (Å²) in [5, 5.41) is 0. The van der Waals surface area contributed by atoms with Crippen LogP contribution in [-0.4, -0.2) is 31.6 Å². The lowest BCUT2D eigenvalue weighted by atomic mass is 9.87. The third-order valence-electron chi connectivity index (χ3n) is 3.54. The summed E-state index contributed by atoms with van der Waals surface area (Å²) in [6.45, 7) is 3.05. The lowest BCUT2D eigenvalue weighted by Crippen LogP contribution is -2.22. The van der Waals surface area contributed by atoms with E-state index in [1.54, 1.807) is 13.0 Å². The van der Waals surface area contributed by atoms with E-state index in [2.05, 4.69) is 0 Å². The van der Waals surface area contributed by atoms with E-state index in [4.69, 9.17) is 9.47 Å². The third-order valence-corrected chi connectivity index (χ3v) is 3.54. The zero-order valence-corrected chi connectivity index (χ0v) is 12.9. The number of Topliss-reactive ketones (excluding diaryl/α,β-unsaturated/α-hetero) is 2. The van der Waals surface area contributed by atoms with Gasteiger partial charge in [0.15, 0.2) is 28.8 Å². The lowest BCUT2D eigenvalue weighted by Gasteiger charge is -2.14. The molecule has 1 aromatic carbocycles. The van der Waals surface area contributed by atoms with Crippen LogP contribution in [0.4, 0.5) is 0 Å². The molecule has 5 nitrogen and oxygen atoms in total. The Labute approximate surface area is 128 Å². The van der Waals surface area contributed by atoms with Gasteiger partial charge < -0.3 is 9.47 Å². The molecule has 0 heterocycles. The van der Waals surface area contributed by atoms with Gasteiger partial charge in [0.1, 0.15) is 0 Å². The van der Waals surface area contributed by atoms with Crippen molar-refractivity contribution < 1.29 is 23.9 Å². The predicted molar refractivity (Wildman–Crippen MR) is 80.3 cm³/mol. The number of ether oxygens (including phenoxy) is 2. The van der Waals surface area contributed by atoms with E-state index in [0.29, 0.717) is 17.1 Å². The van der Waals surface area contributed by atoms with Crippen molar-refractivity contribution in [3.05, 3.63) is 46.6 Å². The summed E-state index contributed by atoms with van der Waals surface area (Å²) >= 11 is 0. The molecule has 22 heavy (non-hydrogen) atoms. The second-order valence-electron chi connectivity index (χ2n) is 4.92. The highest BCUT2D eigenvalue weighted by atomic mass is 16.5. The molecule has 1 aromatic rings. The molecule has 0 aromatic heterocycles. The van der Waals surface area contributed by atoms with Gasteiger partial charge in [-0.3, -0.25) is 14.4 Å². The van der Waals surface area contributed by atoms with Gasteiger partial charge in [0.2, 0.25) is 0 Å². The summed E-state index contributed by atoms with van der Waals surface area (Å²) in [6, 6.07) is 4.61. The van der Waals surface area contributed by atoms with Crippen LogP contribution in [0.25, 0.3) is 0 Å². The topological polar surface area (TPSA) is 69.7 Å². The van der Waals surface area contributed by atoms with Crippen molar-refractivity contribution in [3.63, 3.8) is 0 Å². The lowest BCUT2D eigenvalue weighted by molar-refractivity contribution is -0.115. The second kappa shape index (κ2) is 5.97. The summed E-state index contributed by atoms with van der Waals surface area (Å²) in [7, 11) is 2.95. The van der Waals surface area contributed by atoms with Gasteiger partial charge in [-0.1, -0.05) is 0 Å². The zero-order valence-electron chi connectivity index (χ0n) is 12.9. The number of rotatable bonds is 4. The number of allylic oxidation sites excluding steroid dienone is 4. The minimum Gasteiger partial charge on any atom is -0.493 e. The van der Waals surface area contributed by atoms with Crippen molar-refractivity contribution in [1.29, 1.82) is 0 Å². The van der Waals surface area contributed by atoms with E-state index >= 15 is 0 Å². The second-order valence-corrected chi connectivity index (χ2v) is 4.92. The summed E-state index contributed by atoms with van der Waals surface area (Å²) in [5.41, 5.74) is 0.681. The van der Waals surface area contributed by atoms with Crippen LogP contribution in [0, 0.1) is 0 Å². The molecule has 0 unspecified atom stereocenters. The minimum atomic E-state index is -0.499. The highest BCUT2D eigenvalue weighted by molar-refractivity contribution is 6.36. The molecule has 0 aliphatic heterocycles. The van der Waals surface area contributed by atoms with Crippen LogP contribution in [0.2, 0.25) is 0 Å². The first-order valence-corrected chi connectivity index (χ1v) is 6.65. The van der Waals surface area contributed by atoms with Gasteiger partial charge in [0, 0.05) is 16.7 Å². The summed E-state index contributed by atoms with van der Waals surface area (Å²) in [6.07, 6.45) is 1.20. The first kappa shape index (κ1) is 15.7. The van der Waals surface area contributed by atoms with Crippen molar-refractivity contribution >= 4 is 17.3 Å². The normalized spacial score (nSPS) is 14.8. The number of benzene rings is 1. The molecule has 0 radical (unpaired) electrons. The Morgan fingerprint density at radius 1 is 1.00 bits per heavy atom. The molecule has 1 aliphatic rings. The van der Waals surface area contributed by atoms with Crippen molar-refractivity contribution in [3.8, 4) is 11.5 Å². The maximum atomic E-state index is 12.6. The molecule has 0 amide bonds. The Bertz CT molecular complexity index is 737. The summed E-state index contributed by atoms with van der Waals surface area (Å²) in [5.74, 6) is -0.377. The first-order chi connectivity index (χ1) is 10.4. The molecule has 0 fully saturated rings. The molecule has 0 atom stereocenters. The molecular formula is C17H16O5. The largest absolute Gasteiger partial charge is 0.493 e. The molecule has 0 N–H and O–H groups in total. The van der Waals surface area contributed by atoms with E-state index in [1.807, 2.05) is 0 Å². The van der Waals surface area contributed by atoms with Crippen LogP contribution in [0.1, 0.15) is 24.2 Å². The number of ketones is 3. The molecule has 1 aliphatic carbocycles. The van der Waals surface area contributed by atoms with Gasteiger partial charge in [-0.25, -0.2) is 0 Å². The Balaban J connectivity index is 2.48. The molecule has 0 saturated heterocycles. The van der Waals surface area contributed by atoms with Gasteiger partial charge in [0.25, 0.3) is 0 Å². The third kappa shape index (κ3) is 2.57. The molecule has 114 valence electrons. The van der Waals surface area contributed by atoms with E-state index in [0.717, 1.165) is 0 Å². The van der Waals surface area contributed by atoms with E-state index in [9.17, 15) is 14.4 Å². The van der Waals surface area contributed by atoms with Gasteiger partial charge >= 0.3 is 0 Å². The van der Waals surface area contributed by atoms with Gasteiger partial charge in [-0.05, 0) is 38.1 Å². The van der Waals surface area contributed by atoms with Gasteiger partial charge in [-0.15, -0.1) is 0 Å². The predicted octanol–water partition coefficient (Wildman–Crippen LogP) is 2.30. The monoisotopic (exact) mass is 300 g/mol. The highest BCUT2D eigenvalue weighted by Crippen LogP contribution is 2.30. The number of carbonyl (C=O) groups excluding carboxylic acids is 3. The number of hydrogen-bond donors (Lipinski definition) is 0. The van der Waals surface area contributed by atoms with Crippen molar-refractivity contribution in [2.45, 2.75) is 13.8 Å². The van der Waals surface area contributed by atoms with Gasteiger partial charge in [-0.2, -0.15) is 0 Å². The van der Waals surface area contributed by atoms with Crippen LogP contribution < -0.4 is 9.47 Å². The van der Waals surface area contributed by atoms with E-state index in [1.165, 1.54) is 39.4 Å². The first-order valence-electron chi connectivity index (χ1n) is 6.65. The maximum absolute atomic E-state index is 12.6. The van der Waals surface area contributed by atoms with Crippen LogP contribution in [0.5, 0.6) is 11.5 Å². The molecule has 0 spiro atoms. The van der Waals surface area contributed by atoms with Crippen molar-refractivity contribution in [2.75, 3.05) is 14.2 Å². The molecule has 0 bridgehead atoms. The van der Waals surface area contributed by atoms with E-state index in [-0.39, 0.29) is 22.5 Å². The Kier molecular flexibility index (Phi) is 4.26. The fourth-order valence-electron chi connectivity index (χ4n) is 2.33. The average molecular weight is 300 g/mol. The molecular weight excluding hydrogens is 284 g/mol.